The molecule has 0 N–H and O–H groups in total. The van der Waals surface area contributed by atoms with Gasteiger partial charge < -0.3 is 18.3 Å². The highest BCUT2D eigenvalue weighted by Crippen LogP contribution is 2.52. The average molecular weight is 1660 g/mol. The van der Waals surface area contributed by atoms with E-state index in [9.17, 15) is 0 Å². The lowest BCUT2D eigenvalue weighted by molar-refractivity contribution is 1.18. The van der Waals surface area contributed by atoms with E-state index in [-0.39, 0.29) is 0 Å². The smallest absolute Gasteiger partial charge is 0.0789 e. The number of rotatable bonds is 9. The summed E-state index contributed by atoms with van der Waals surface area (Å²) < 4.78 is 15.0. The Kier molecular flexibility index (Phi) is 16.1. The zero-order valence-electron chi connectivity index (χ0n) is 69.1. The Bertz CT molecular complexity index is 9540. The Morgan fingerprint density at radius 1 is 0.172 bits per heavy atom. The van der Waals surface area contributed by atoms with Crippen molar-refractivity contribution in [3.63, 3.8) is 0 Å². The Hall–Kier alpha value is -16.4. The fourth-order valence-corrected chi connectivity index (χ4v) is 23.5. The molecule has 0 saturated carbocycles. The number of hydrogen-bond donors (Lipinski definition) is 0. The minimum Gasteiger partial charge on any atom is -0.309 e. The molecule has 0 saturated heterocycles. The molecule has 0 aliphatic rings. The van der Waals surface area contributed by atoms with Crippen LogP contribution < -0.4 is 0 Å². The molecule has 0 atom stereocenters. The fourth-order valence-electron chi connectivity index (χ4n) is 21.0. The summed E-state index contributed by atoms with van der Waals surface area (Å²) in [7, 11) is 0. The third kappa shape index (κ3) is 11.1. The van der Waals surface area contributed by atoms with Crippen LogP contribution in [0.3, 0.4) is 0 Å². The molecule has 0 fully saturated rings. The second-order valence-electron chi connectivity index (χ2n) is 33.7. The Labute approximate surface area is 742 Å². The molecule has 6 nitrogen and oxygen atoms in total. The number of hydrogen-bond acceptors (Lipinski definition) is 4. The molecular weight excluding hydrogens is 1590 g/mol. The van der Waals surface area contributed by atoms with Gasteiger partial charge in [-0.2, -0.15) is 0 Å². The maximum Gasteiger partial charge on any atom is 0.0789 e. The summed E-state index contributed by atoms with van der Waals surface area (Å²) in [6.07, 6.45) is 0. The predicted molar refractivity (Wildman–Crippen MR) is 546 cm³/mol. The quantitative estimate of drug-likeness (QED) is 0.135. The van der Waals surface area contributed by atoms with Crippen molar-refractivity contribution >= 4 is 204 Å². The maximum absolute atomic E-state index is 5.41. The van der Waals surface area contributed by atoms with Gasteiger partial charge in [-0.3, -0.25) is 0 Å². The topological polar surface area (TPSA) is 45.5 Å². The zero-order chi connectivity index (χ0) is 83.8. The number of para-hydroxylation sites is 6. The van der Waals surface area contributed by atoms with Crippen molar-refractivity contribution < 1.29 is 0 Å². The van der Waals surface area contributed by atoms with Crippen LogP contribution in [0.15, 0.2) is 437 Å². The van der Waals surface area contributed by atoms with Crippen molar-refractivity contribution in [2.45, 2.75) is 0 Å². The zero-order valence-corrected chi connectivity index (χ0v) is 70.7. The van der Waals surface area contributed by atoms with Crippen LogP contribution in [0.4, 0.5) is 0 Å². The van der Waals surface area contributed by atoms with E-state index in [0.717, 1.165) is 50.0 Å². The standard InChI is InChI=1S/C61H37N3S.C59H35N3S/c1-3-16-38(17-4-1)40-20-15-21-43(34-40)63-52-27-12-8-22-44(52)48-35-41(30-32-54(48)63)42-31-33-55-49(36-42)45-23-9-13-28-53(45)64(55)56-37-50-58(59-47-25-10-14-29-57(47)65-61(56)59)46-24-7-11-26-51(46)62-60(50)39-18-5-2-6-19-39;1-2-15-37(16-3-1)58-48-35-54(59-57(45-21-9-13-25-55(45)63-59)56(48)44-20-6-10-22-49(44)60-58)62-51-24-12-8-19-43(51)47-34-40(28-31-53(47)62)39-27-30-52-46(33-39)42-18-7-11-23-50(42)61(52)41-29-26-36-14-4-5-17-38(36)32-41/h1-37H;1-35H. The lowest BCUT2D eigenvalue weighted by atomic mass is 9.95. The molecule has 20 aromatic carbocycles. The van der Waals surface area contributed by atoms with Crippen LogP contribution in [0, 0.1) is 0 Å². The first-order valence-corrected chi connectivity index (χ1v) is 45.4. The van der Waals surface area contributed by atoms with E-state index >= 15 is 0 Å². The number of benzene rings is 20. The molecule has 8 heteroatoms. The molecule has 0 radical (unpaired) electrons. The Morgan fingerprint density at radius 2 is 0.492 bits per heavy atom. The first kappa shape index (κ1) is 72.1. The predicted octanol–water partition coefficient (Wildman–Crippen LogP) is 33.4. The largest absolute Gasteiger partial charge is 0.309 e. The first-order chi connectivity index (χ1) is 63.5. The molecule has 0 aliphatic heterocycles. The molecule has 0 spiro atoms. The molecule has 0 unspecified atom stereocenters. The third-order valence-corrected chi connectivity index (χ3v) is 29.1. The van der Waals surface area contributed by atoms with Gasteiger partial charge in [0.25, 0.3) is 0 Å². The summed E-state index contributed by atoms with van der Waals surface area (Å²) in [5.41, 5.74) is 27.7. The van der Waals surface area contributed by atoms with Crippen molar-refractivity contribution in [3.05, 3.63) is 437 Å². The number of pyridine rings is 2. The van der Waals surface area contributed by atoms with Crippen molar-refractivity contribution in [1.29, 1.82) is 0 Å². The summed E-state index contributed by atoms with van der Waals surface area (Å²) in [5.74, 6) is 0. The minimum absolute atomic E-state index is 1.00. The molecule has 0 bridgehead atoms. The van der Waals surface area contributed by atoms with Crippen LogP contribution in [-0.2, 0) is 0 Å². The van der Waals surface area contributed by atoms with Gasteiger partial charge in [0.1, 0.15) is 0 Å². The van der Waals surface area contributed by atoms with E-state index in [1.165, 1.54) is 210 Å². The fraction of sp³-hybridized carbons (Fsp3) is 0. The number of aromatic nitrogens is 6. The van der Waals surface area contributed by atoms with Gasteiger partial charge in [0.2, 0.25) is 0 Å². The monoisotopic (exact) mass is 1660 g/mol. The number of fused-ring (bicyclic) bond motifs is 27. The number of thiophene rings is 2. The van der Waals surface area contributed by atoms with Gasteiger partial charge in [-0.05, 0) is 178 Å². The highest BCUT2D eigenvalue weighted by atomic mass is 32.1. The van der Waals surface area contributed by atoms with Gasteiger partial charge in [-0.25, -0.2) is 9.97 Å². The molecule has 28 rings (SSSR count). The average Bonchev–Trinajstić information content (AvgIpc) is 1.49. The highest BCUT2D eigenvalue weighted by Gasteiger charge is 2.28. The van der Waals surface area contributed by atoms with Crippen molar-refractivity contribution in [2.75, 3.05) is 0 Å². The molecule has 8 aromatic heterocycles. The van der Waals surface area contributed by atoms with Gasteiger partial charge >= 0.3 is 0 Å². The maximum atomic E-state index is 5.41. The van der Waals surface area contributed by atoms with E-state index < -0.39 is 0 Å². The van der Waals surface area contributed by atoms with Crippen molar-refractivity contribution in [2.24, 2.45) is 0 Å². The second kappa shape index (κ2) is 28.6. The summed E-state index contributed by atoms with van der Waals surface area (Å²) in [4.78, 5) is 10.8. The normalized spacial score (nSPS) is 12.1. The summed E-state index contributed by atoms with van der Waals surface area (Å²) in [6, 6.07) is 160. The van der Waals surface area contributed by atoms with Crippen LogP contribution in [0.1, 0.15) is 0 Å². The van der Waals surface area contributed by atoms with Gasteiger partial charge in [0.15, 0.2) is 0 Å². The van der Waals surface area contributed by atoms with Crippen molar-refractivity contribution in [1.82, 2.24) is 28.2 Å². The van der Waals surface area contributed by atoms with E-state index in [2.05, 4.69) is 455 Å². The molecule has 8 heterocycles. The Balaban J connectivity index is 0.000000132. The minimum atomic E-state index is 1.00. The van der Waals surface area contributed by atoms with E-state index in [0.29, 0.717) is 0 Å². The first-order valence-electron chi connectivity index (χ1n) is 43.7. The summed E-state index contributed by atoms with van der Waals surface area (Å²) in [5, 5.41) is 24.7. The second-order valence-corrected chi connectivity index (χ2v) is 35.8. The van der Waals surface area contributed by atoms with Crippen LogP contribution in [0.25, 0.3) is 260 Å². The van der Waals surface area contributed by atoms with Gasteiger partial charge in [-0.1, -0.05) is 303 Å². The summed E-state index contributed by atoms with van der Waals surface area (Å²) in [6.45, 7) is 0. The van der Waals surface area contributed by atoms with Gasteiger partial charge in [0.05, 0.1) is 87.3 Å². The van der Waals surface area contributed by atoms with Crippen LogP contribution in [0.2, 0.25) is 0 Å². The lowest BCUT2D eigenvalue weighted by Gasteiger charge is -2.16. The number of nitrogens with zero attached hydrogens (tertiary/aromatic N) is 6. The van der Waals surface area contributed by atoms with Gasteiger partial charge in [-0.15, -0.1) is 22.7 Å². The molecule has 28 aromatic rings. The third-order valence-electron chi connectivity index (χ3n) is 26.7. The van der Waals surface area contributed by atoms with Crippen LogP contribution >= 0.6 is 22.7 Å². The molecule has 0 aliphatic carbocycles. The van der Waals surface area contributed by atoms with Crippen LogP contribution in [0.5, 0.6) is 0 Å². The lowest BCUT2D eigenvalue weighted by Crippen LogP contribution is -1.97. The highest BCUT2D eigenvalue weighted by molar-refractivity contribution is 7.27. The SMILES string of the molecule is c1ccc(-c2cccc(-n3c4ccccc4c4cc(-c5ccc6c(c5)c5ccccc5n6-c5cc6c(-c7ccccc7)nc7ccccc7c6c6c5sc5ccccc56)ccc43)c2)cc1.c1ccc(-c2nc3ccccc3c3c2cc(-n2c4ccccc4c4cc(-c5ccc6c(c5)c5ccccc5n6-c5ccc6ccccc6c5)ccc42)c2sc4ccccc4c23)cc1. The van der Waals surface area contributed by atoms with E-state index in [1.54, 1.807) is 0 Å². The molecule has 128 heavy (non-hydrogen) atoms. The molecule has 594 valence electrons. The van der Waals surface area contributed by atoms with E-state index in [1.807, 2.05) is 22.7 Å². The van der Waals surface area contributed by atoms with Crippen LogP contribution in [-0.4, -0.2) is 28.2 Å². The molecular formula is C120H72N6S2. The van der Waals surface area contributed by atoms with Crippen molar-refractivity contribution in [3.8, 4) is 78.6 Å². The van der Waals surface area contributed by atoms with Gasteiger partial charge in [0, 0.05) is 129 Å². The molecule has 0 amide bonds. The Morgan fingerprint density at radius 3 is 0.930 bits per heavy atom. The van der Waals surface area contributed by atoms with E-state index in [4.69, 9.17) is 9.97 Å². The summed E-state index contributed by atoms with van der Waals surface area (Å²) >= 11 is 3.78.